The summed E-state index contributed by atoms with van der Waals surface area (Å²) >= 11 is 0. The lowest BCUT2D eigenvalue weighted by atomic mass is 9.96. The van der Waals surface area contributed by atoms with Crippen molar-refractivity contribution in [3.05, 3.63) is 71.7 Å². The first-order chi connectivity index (χ1) is 12.2. The molecular formula is C20H23N5. The predicted molar refractivity (Wildman–Crippen MR) is 99.6 cm³/mol. The first-order valence-corrected chi connectivity index (χ1v) is 8.69. The molecule has 0 fully saturated rings. The maximum absolute atomic E-state index is 4.57. The molecule has 4 rings (SSSR count). The van der Waals surface area contributed by atoms with E-state index in [1.807, 2.05) is 25.6 Å². The topological polar surface area (TPSA) is 46.0 Å². The Labute approximate surface area is 148 Å². The van der Waals surface area contributed by atoms with Gasteiger partial charge >= 0.3 is 0 Å². The van der Waals surface area contributed by atoms with E-state index >= 15 is 0 Å². The Kier molecular flexibility index (Phi) is 4.24. The molecule has 0 bridgehead atoms. The lowest BCUT2D eigenvalue weighted by Crippen LogP contribution is -2.37. The van der Waals surface area contributed by atoms with Crippen molar-refractivity contribution in [2.45, 2.75) is 32.5 Å². The zero-order chi connectivity index (χ0) is 17.2. The summed E-state index contributed by atoms with van der Waals surface area (Å²) in [6.45, 7) is 4.23. The van der Waals surface area contributed by atoms with E-state index in [0.717, 1.165) is 31.0 Å². The van der Waals surface area contributed by atoms with Crippen molar-refractivity contribution >= 4 is 11.5 Å². The highest BCUT2D eigenvalue weighted by Crippen LogP contribution is 2.27. The van der Waals surface area contributed by atoms with Crippen molar-refractivity contribution in [2.24, 2.45) is 7.05 Å². The summed E-state index contributed by atoms with van der Waals surface area (Å²) in [6, 6.07) is 13.4. The molecule has 0 unspecified atom stereocenters. The van der Waals surface area contributed by atoms with Gasteiger partial charge < -0.3 is 5.32 Å². The van der Waals surface area contributed by atoms with Crippen LogP contribution in [0.2, 0.25) is 0 Å². The third-order valence-electron chi connectivity index (χ3n) is 4.80. The summed E-state index contributed by atoms with van der Waals surface area (Å²) in [5, 5.41) is 7.52. The molecule has 0 aliphatic carbocycles. The molecule has 5 nitrogen and oxygen atoms in total. The number of aryl methyl sites for hydroxylation is 1. The minimum atomic E-state index is 0.520. The second kappa shape index (κ2) is 6.69. The molecule has 0 saturated carbocycles. The summed E-state index contributed by atoms with van der Waals surface area (Å²) in [4.78, 5) is 7.11. The number of pyridine rings is 1. The van der Waals surface area contributed by atoms with Crippen LogP contribution in [0.15, 0.2) is 55.0 Å². The van der Waals surface area contributed by atoms with Crippen molar-refractivity contribution < 1.29 is 0 Å². The number of fused-ring (bicyclic) bond motifs is 1. The molecule has 0 spiro atoms. The second-order valence-corrected chi connectivity index (χ2v) is 6.81. The number of aromatic nitrogens is 3. The van der Waals surface area contributed by atoms with Gasteiger partial charge in [0.05, 0.1) is 11.9 Å². The molecule has 3 heterocycles. The summed E-state index contributed by atoms with van der Waals surface area (Å²) in [7, 11) is 1.91. The third kappa shape index (κ3) is 3.56. The summed E-state index contributed by atoms with van der Waals surface area (Å²) in [6.07, 6.45) is 6.82. The summed E-state index contributed by atoms with van der Waals surface area (Å²) in [5.74, 6) is 0.876. The van der Waals surface area contributed by atoms with Gasteiger partial charge in [-0.05, 0) is 36.1 Å². The fraction of sp³-hybridized carbons (Fsp3) is 0.300. The first-order valence-electron chi connectivity index (χ1n) is 8.69. The highest BCUT2D eigenvalue weighted by Gasteiger charge is 2.23. The van der Waals surface area contributed by atoms with Gasteiger partial charge in [0.15, 0.2) is 0 Å². The second-order valence-electron chi connectivity index (χ2n) is 6.81. The average Bonchev–Trinajstić information content (AvgIpc) is 3.02. The van der Waals surface area contributed by atoms with E-state index in [9.17, 15) is 0 Å². The predicted octanol–water partition coefficient (Wildman–Crippen LogP) is 3.51. The Morgan fingerprint density at radius 1 is 1.16 bits per heavy atom. The molecule has 0 saturated heterocycles. The molecular weight excluding hydrogens is 310 g/mol. The Hall–Kier alpha value is -2.66. The largest absolute Gasteiger partial charge is 0.338 e. The van der Waals surface area contributed by atoms with Crippen LogP contribution in [0.5, 0.6) is 0 Å². The van der Waals surface area contributed by atoms with Crippen molar-refractivity contribution in [2.75, 3.05) is 5.32 Å². The monoisotopic (exact) mass is 333 g/mol. The van der Waals surface area contributed by atoms with E-state index in [-0.39, 0.29) is 0 Å². The Morgan fingerprint density at radius 3 is 2.76 bits per heavy atom. The number of nitrogens with one attached hydrogen (secondary N) is 1. The molecule has 1 aliphatic rings. The molecule has 25 heavy (non-hydrogen) atoms. The van der Waals surface area contributed by atoms with Crippen LogP contribution >= 0.6 is 0 Å². The summed E-state index contributed by atoms with van der Waals surface area (Å²) in [5.41, 5.74) is 5.03. The third-order valence-corrected chi connectivity index (χ3v) is 4.80. The van der Waals surface area contributed by atoms with E-state index in [4.69, 9.17) is 0 Å². The average molecular weight is 333 g/mol. The Balaban J connectivity index is 1.52. The molecule has 5 heteroatoms. The van der Waals surface area contributed by atoms with E-state index in [1.54, 1.807) is 4.68 Å². The zero-order valence-corrected chi connectivity index (χ0v) is 14.7. The molecule has 128 valence electrons. The quantitative estimate of drug-likeness (QED) is 0.794. The standard InChI is InChI=1S/C20H23N5/c1-15-8-17-10-21-20(23-19-11-22-24(2)14-19)9-18(17)13-25(15)12-16-6-4-3-5-7-16/h3-7,9-11,14-15H,8,12-13H2,1-2H3,(H,21,23)/t15-/m0/s1. The van der Waals surface area contributed by atoms with E-state index in [1.165, 1.54) is 16.7 Å². The van der Waals surface area contributed by atoms with Crippen LogP contribution < -0.4 is 5.32 Å². The van der Waals surface area contributed by atoms with Gasteiger partial charge in [0.1, 0.15) is 5.82 Å². The lowest BCUT2D eigenvalue weighted by Gasteiger charge is -2.35. The van der Waals surface area contributed by atoms with Gasteiger partial charge in [-0.1, -0.05) is 30.3 Å². The Morgan fingerprint density at radius 2 is 2.00 bits per heavy atom. The SMILES string of the molecule is C[C@H]1Cc2cnc(Nc3cnn(C)c3)cc2CN1Cc1ccccc1. The van der Waals surface area contributed by atoms with Crippen LogP contribution in [-0.2, 0) is 26.6 Å². The molecule has 0 amide bonds. The number of hydrogen-bond acceptors (Lipinski definition) is 4. The molecule has 0 radical (unpaired) electrons. The molecule has 1 N–H and O–H groups in total. The molecule has 1 aromatic carbocycles. The van der Waals surface area contributed by atoms with Crippen molar-refractivity contribution in [1.82, 2.24) is 19.7 Å². The van der Waals surface area contributed by atoms with E-state index < -0.39 is 0 Å². The summed E-state index contributed by atoms with van der Waals surface area (Å²) < 4.78 is 1.78. The highest BCUT2D eigenvalue weighted by atomic mass is 15.3. The van der Waals surface area contributed by atoms with E-state index in [0.29, 0.717) is 6.04 Å². The van der Waals surface area contributed by atoms with Gasteiger partial charge in [-0.15, -0.1) is 0 Å². The minimum absolute atomic E-state index is 0.520. The fourth-order valence-electron chi connectivity index (χ4n) is 3.41. The Bertz CT molecular complexity index is 856. The van der Waals surface area contributed by atoms with Crippen LogP contribution in [0, 0.1) is 0 Å². The number of anilines is 2. The van der Waals surface area contributed by atoms with Gasteiger partial charge in [0.2, 0.25) is 0 Å². The van der Waals surface area contributed by atoms with Crippen LogP contribution in [-0.4, -0.2) is 25.7 Å². The highest BCUT2D eigenvalue weighted by molar-refractivity contribution is 5.55. The van der Waals surface area contributed by atoms with E-state index in [2.05, 4.69) is 63.6 Å². The smallest absolute Gasteiger partial charge is 0.130 e. The van der Waals surface area contributed by atoms with Gasteiger partial charge in [-0.25, -0.2) is 4.98 Å². The van der Waals surface area contributed by atoms with Gasteiger partial charge in [-0.3, -0.25) is 9.58 Å². The maximum atomic E-state index is 4.57. The van der Waals surface area contributed by atoms with Crippen molar-refractivity contribution in [3.63, 3.8) is 0 Å². The van der Waals surface area contributed by atoms with Crippen molar-refractivity contribution in [1.29, 1.82) is 0 Å². The van der Waals surface area contributed by atoms with Crippen molar-refractivity contribution in [3.8, 4) is 0 Å². The van der Waals surface area contributed by atoms with Gasteiger partial charge in [-0.2, -0.15) is 5.10 Å². The molecule has 3 aromatic rings. The van der Waals surface area contributed by atoms with Gasteiger partial charge in [0, 0.05) is 38.6 Å². The van der Waals surface area contributed by atoms with Crippen LogP contribution in [0.4, 0.5) is 11.5 Å². The number of benzene rings is 1. The normalized spacial score (nSPS) is 17.3. The minimum Gasteiger partial charge on any atom is -0.338 e. The number of hydrogen-bond donors (Lipinski definition) is 1. The van der Waals surface area contributed by atoms with Crippen LogP contribution in [0.25, 0.3) is 0 Å². The zero-order valence-electron chi connectivity index (χ0n) is 14.7. The first kappa shape index (κ1) is 15.8. The van der Waals surface area contributed by atoms with Crippen LogP contribution in [0.3, 0.4) is 0 Å². The fourth-order valence-corrected chi connectivity index (χ4v) is 3.41. The van der Waals surface area contributed by atoms with Crippen LogP contribution in [0.1, 0.15) is 23.6 Å². The number of rotatable bonds is 4. The molecule has 2 aromatic heterocycles. The molecule has 1 aliphatic heterocycles. The molecule has 1 atom stereocenters. The van der Waals surface area contributed by atoms with Gasteiger partial charge in [0.25, 0.3) is 0 Å². The lowest BCUT2D eigenvalue weighted by molar-refractivity contribution is 0.175. The number of nitrogens with zero attached hydrogens (tertiary/aromatic N) is 4. The maximum Gasteiger partial charge on any atom is 0.130 e.